The zero-order valence-electron chi connectivity index (χ0n) is 13.8. The van der Waals surface area contributed by atoms with Crippen molar-refractivity contribution in [2.45, 2.75) is 19.5 Å². The molecule has 0 aliphatic rings. The van der Waals surface area contributed by atoms with Crippen molar-refractivity contribution in [2.75, 3.05) is 19.5 Å². The monoisotopic (exact) mass is 394 g/mol. The number of halogens is 2. The van der Waals surface area contributed by atoms with Crippen molar-refractivity contribution in [2.24, 2.45) is 0 Å². The van der Waals surface area contributed by atoms with Gasteiger partial charge in [-0.1, -0.05) is 34.1 Å². The fourth-order valence-corrected chi connectivity index (χ4v) is 2.60. The van der Waals surface area contributed by atoms with Crippen molar-refractivity contribution in [3.05, 3.63) is 58.3 Å². The Kier molecular flexibility index (Phi) is 6.34. The Morgan fingerprint density at radius 3 is 2.71 bits per heavy atom. The molecule has 0 saturated heterocycles. The molecule has 0 bridgehead atoms. The zero-order valence-corrected chi connectivity index (χ0v) is 15.4. The number of carbonyl (C=O) groups is 1. The number of hydrogen-bond acceptors (Lipinski definition) is 3. The highest BCUT2D eigenvalue weighted by molar-refractivity contribution is 9.10. The second-order valence-corrected chi connectivity index (χ2v) is 6.43. The van der Waals surface area contributed by atoms with Gasteiger partial charge >= 0.3 is 0 Å². The summed E-state index contributed by atoms with van der Waals surface area (Å²) in [6.45, 7) is 2.32. The van der Waals surface area contributed by atoms with Gasteiger partial charge in [0.2, 0.25) is 5.91 Å². The van der Waals surface area contributed by atoms with Gasteiger partial charge in [-0.05, 0) is 38.2 Å². The molecule has 0 fully saturated rings. The lowest BCUT2D eigenvalue weighted by molar-refractivity contribution is -0.120. The van der Waals surface area contributed by atoms with E-state index in [0.29, 0.717) is 11.0 Å². The van der Waals surface area contributed by atoms with Crippen molar-refractivity contribution < 1.29 is 13.9 Å². The zero-order chi connectivity index (χ0) is 17.7. The van der Waals surface area contributed by atoms with Gasteiger partial charge in [0.15, 0.2) is 0 Å². The molecule has 128 valence electrons. The summed E-state index contributed by atoms with van der Waals surface area (Å²) in [7, 11) is 3.46. The number of ether oxygens (including phenoxy) is 1. The molecule has 0 aromatic heterocycles. The number of hydrogen-bond donors (Lipinski definition) is 1. The molecule has 1 atom stereocenters. The lowest BCUT2D eigenvalue weighted by Gasteiger charge is -2.24. The Morgan fingerprint density at radius 1 is 1.33 bits per heavy atom. The molecule has 1 amide bonds. The van der Waals surface area contributed by atoms with E-state index in [-0.39, 0.29) is 11.6 Å². The highest BCUT2D eigenvalue weighted by Crippen LogP contribution is 2.21. The molecular weight excluding hydrogens is 375 g/mol. The number of carbonyl (C=O) groups excluding carboxylic acids is 1. The highest BCUT2D eigenvalue weighted by Gasteiger charge is 2.20. The number of benzene rings is 2. The molecule has 1 N–H and O–H groups in total. The van der Waals surface area contributed by atoms with E-state index in [1.807, 2.05) is 36.2 Å². The molecule has 6 heteroatoms. The van der Waals surface area contributed by atoms with Crippen LogP contribution in [-0.2, 0) is 11.3 Å². The Balaban J connectivity index is 2.04. The van der Waals surface area contributed by atoms with Crippen LogP contribution in [0, 0.1) is 5.82 Å². The van der Waals surface area contributed by atoms with Crippen molar-refractivity contribution >= 4 is 27.5 Å². The first-order valence-electron chi connectivity index (χ1n) is 7.50. The van der Waals surface area contributed by atoms with Crippen LogP contribution in [0.3, 0.4) is 0 Å². The second kappa shape index (κ2) is 8.26. The van der Waals surface area contributed by atoms with Crippen molar-refractivity contribution in [1.82, 2.24) is 4.90 Å². The highest BCUT2D eigenvalue weighted by atomic mass is 79.9. The number of likely N-dealkylation sites (N-methyl/N-ethyl adjacent to an activating group) is 1. The predicted molar refractivity (Wildman–Crippen MR) is 96.7 cm³/mol. The summed E-state index contributed by atoms with van der Waals surface area (Å²) in [5.74, 6) is 0.0295. The molecule has 2 aromatic carbocycles. The minimum Gasteiger partial charge on any atom is -0.496 e. The molecule has 0 spiro atoms. The number of anilines is 1. The first-order valence-corrected chi connectivity index (χ1v) is 8.29. The van der Waals surface area contributed by atoms with Gasteiger partial charge in [0.05, 0.1) is 18.8 Å². The average Bonchev–Trinajstić information content (AvgIpc) is 2.57. The molecule has 0 saturated carbocycles. The molecular formula is C18H20BrFN2O2. The topological polar surface area (TPSA) is 41.6 Å². The van der Waals surface area contributed by atoms with Crippen LogP contribution in [0.25, 0.3) is 0 Å². The average molecular weight is 395 g/mol. The van der Waals surface area contributed by atoms with Gasteiger partial charge in [-0.15, -0.1) is 0 Å². The van der Waals surface area contributed by atoms with E-state index in [1.165, 1.54) is 12.1 Å². The van der Waals surface area contributed by atoms with Gasteiger partial charge in [-0.3, -0.25) is 9.69 Å². The second-order valence-electron chi connectivity index (χ2n) is 5.52. The molecule has 0 radical (unpaired) electrons. The fraction of sp³-hybridized carbons (Fsp3) is 0.278. The summed E-state index contributed by atoms with van der Waals surface area (Å²) in [6.07, 6.45) is 0. The van der Waals surface area contributed by atoms with Crippen LogP contribution >= 0.6 is 15.9 Å². The Hall–Kier alpha value is -1.92. The van der Waals surface area contributed by atoms with E-state index in [1.54, 1.807) is 20.1 Å². The third-order valence-electron chi connectivity index (χ3n) is 3.84. The molecule has 24 heavy (non-hydrogen) atoms. The number of para-hydroxylation sites is 1. The van der Waals surface area contributed by atoms with Gasteiger partial charge in [0.1, 0.15) is 11.6 Å². The Morgan fingerprint density at radius 2 is 2.04 bits per heavy atom. The third kappa shape index (κ3) is 4.55. The first kappa shape index (κ1) is 18.4. The van der Waals surface area contributed by atoms with Gasteiger partial charge in [-0.2, -0.15) is 0 Å². The number of nitrogens with one attached hydrogen (secondary N) is 1. The van der Waals surface area contributed by atoms with E-state index in [2.05, 4.69) is 21.2 Å². The SMILES string of the molecule is COc1ccccc1CN(C)C(C)C(=O)Nc1ccc(Br)cc1F. The largest absolute Gasteiger partial charge is 0.496 e. The summed E-state index contributed by atoms with van der Waals surface area (Å²) < 4.78 is 19.8. The summed E-state index contributed by atoms with van der Waals surface area (Å²) in [5, 5.41) is 2.62. The van der Waals surface area contributed by atoms with Crippen LogP contribution in [-0.4, -0.2) is 31.0 Å². The third-order valence-corrected chi connectivity index (χ3v) is 4.34. The maximum Gasteiger partial charge on any atom is 0.241 e. The van der Waals surface area contributed by atoms with Crippen LogP contribution in [0.4, 0.5) is 10.1 Å². The number of rotatable bonds is 6. The van der Waals surface area contributed by atoms with Crippen LogP contribution < -0.4 is 10.1 Å². The summed E-state index contributed by atoms with van der Waals surface area (Å²) >= 11 is 3.19. The lowest BCUT2D eigenvalue weighted by atomic mass is 10.1. The standard InChI is InChI=1S/C18H20BrFN2O2/c1-12(18(23)21-16-9-8-14(19)10-15(16)20)22(2)11-13-6-4-5-7-17(13)24-3/h4-10,12H,11H2,1-3H3,(H,21,23). The normalized spacial score (nSPS) is 12.1. The van der Waals surface area contributed by atoms with E-state index >= 15 is 0 Å². The number of methoxy groups -OCH3 is 1. The summed E-state index contributed by atoms with van der Waals surface area (Å²) in [4.78, 5) is 14.3. The molecule has 4 nitrogen and oxygen atoms in total. The van der Waals surface area contributed by atoms with E-state index in [4.69, 9.17) is 4.74 Å². The number of nitrogens with zero attached hydrogens (tertiary/aromatic N) is 1. The van der Waals surface area contributed by atoms with Crippen LogP contribution in [0.15, 0.2) is 46.9 Å². The van der Waals surface area contributed by atoms with Crippen LogP contribution in [0.1, 0.15) is 12.5 Å². The van der Waals surface area contributed by atoms with Gasteiger partial charge in [0, 0.05) is 16.6 Å². The molecule has 0 aliphatic carbocycles. The van der Waals surface area contributed by atoms with Gasteiger partial charge in [0.25, 0.3) is 0 Å². The first-order chi connectivity index (χ1) is 11.4. The van der Waals surface area contributed by atoms with Crippen molar-refractivity contribution in [1.29, 1.82) is 0 Å². The molecule has 0 heterocycles. The smallest absolute Gasteiger partial charge is 0.241 e. The maximum absolute atomic E-state index is 13.8. The van der Waals surface area contributed by atoms with E-state index in [9.17, 15) is 9.18 Å². The van der Waals surface area contributed by atoms with Crippen molar-refractivity contribution in [3.63, 3.8) is 0 Å². The van der Waals surface area contributed by atoms with E-state index in [0.717, 1.165) is 11.3 Å². The van der Waals surface area contributed by atoms with Crippen LogP contribution in [0.5, 0.6) is 5.75 Å². The Bertz CT molecular complexity index is 724. The van der Waals surface area contributed by atoms with Gasteiger partial charge < -0.3 is 10.1 Å². The lowest BCUT2D eigenvalue weighted by Crippen LogP contribution is -2.39. The van der Waals surface area contributed by atoms with Gasteiger partial charge in [-0.25, -0.2) is 4.39 Å². The number of amides is 1. The summed E-state index contributed by atoms with van der Waals surface area (Å²) in [6, 6.07) is 11.8. The molecule has 0 aliphatic heterocycles. The molecule has 2 rings (SSSR count). The fourth-order valence-electron chi connectivity index (χ4n) is 2.27. The molecule has 2 aromatic rings. The summed E-state index contributed by atoms with van der Waals surface area (Å²) in [5.41, 5.74) is 1.15. The minimum absolute atomic E-state index is 0.167. The van der Waals surface area contributed by atoms with Crippen molar-refractivity contribution in [3.8, 4) is 5.75 Å². The van der Waals surface area contributed by atoms with E-state index < -0.39 is 11.9 Å². The minimum atomic E-state index is -0.475. The van der Waals surface area contributed by atoms with Crippen LogP contribution in [0.2, 0.25) is 0 Å². The maximum atomic E-state index is 13.8. The Labute approximate surface area is 149 Å². The quantitative estimate of drug-likeness (QED) is 0.802. The predicted octanol–water partition coefficient (Wildman–Crippen LogP) is 4.06. The molecule has 1 unspecified atom stereocenters.